The third kappa shape index (κ3) is 3.89. The summed E-state index contributed by atoms with van der Waals surface area (Å²) >= 11 is 0. The van der Waals surface area contributed by atoms with E-state index >= 15 is 0 Å². The van der Waals surface area contributed by atoms with Gasteiger partial charge in [0, 0.05) is 5.69 Å². The van der Waals surface area contributed by atoms with Gasteiger partial charge in [-0.1, -0.05) is 60.7 Å². The molecule has 1 N–H and O–H groups in total. The van der Waals surface area contributed by atoms with E-state index in [9.17, 15) is 9.90 Å². The van der Waals surface area contributed by atoms with Crippen molar-refractivity contribution in [2.45, 2.75) is 25.0 Å². The standard InChI is InChI=1S/C25H25NO3/c1-29-21-15-13-19(14-16-21)24-23(22(27)17-12-18-8-4-2-5-9-18)25(28)26(24)20-10-6-3-7-11-20/h2-11,13-16,22-24,27H,12,17H2,1H3/t22-,23+,24+/m0/s1. The quantitative estimate of drug-likeness (QED) is 0.612. The zero-order valence-corrected chi connectivity index (χ0v) is 16.4. The molecule has 0 radical (unpaired) electrons. The first-order valence-electron chi connectivity index (χ1n) is 9.93. The van der Waals surface area contributed by atoms with E-state index in [1.54, 1.807) is 12.0 Å². The molecule has 1 fully saturated rings. The average molecular weight is 387 g/mol. The predicted octanol–water partition coefficient (Wildman–Crippen LogP) is 4.39. The van der Waals surface area contributed by atoms with Crippen LogP contribution in [0.2, 0.25) is 0 Å². The molecule has 1 aliphatic heterocycles. The number of carbonyl (C=O) groups excluding carboxylic acids is 1. The molecule has 29 heavy (non-hydrogen) atoms. The summed E-state index contributed by atoms with van der Waals surface area (Å²) in [4.78, 5) is 14.9. The fraction of sp³-hybridized carbons (Fsp3) is 0.240. The van der Waals surface area contributed by atoms with Crippen molar-refractivity contribution in [3.05, 3.63) is 96.1 Å². The molecule has 3 aromatic carbocycles. The lowest BCUT2D eigenvalue weighted by Gasteiger charge is -2.49. The lowest BCUT2D eigenvalue weighted by atomic mass is 9.76. The topological polar surface area (TPSA) is 49.8 Å². The van der Waals surface area contributed by atoms with Gasteiger partial charge in [-0.25, -0.2) is 0 Å². The van der Waals surface area contributed by atoms with Gasteiger partial charge in [-0.05, 0) is 48.2 Å². The highest BCUT2D eigenvalue weighted by molar-refractivity contribution is 6.03. The van der Waals surface area contributed by atoms with E-state index in [0.29, 0.717) is 6.42 Å². The van der Waals surface area contributed by atoms with Gasteiger partial charge in [0.15, 0.2) is 0 Å². The summed E-state index contributed by atoms with van der Waals surface area (Å²) in [6.45, 7) is 0. The Morgan fingerprint density at radius 3 is 2.17 bits per heavy atom. The molecule has 0 spiro atoms. The van der Waals surface area contributed by atoms with Crippen LogP contribution < -0.4 is 9.64 Å². The number of hydrogen-bond donors (Lipinski definition) is 1. The molecule has 1 saturated heterocycles. The summed E-state index contributed by atoms with van der Waals surface area (Å²) < 4.78 is 5.27. The second-order valence-electron chi connectivity index (χ2n) is 7.38. The van der Waals surface area contributed by atoms with Gasteiger partial charge in [0.05, 0.1) is 25.2 Å². The van der Waals surface area contributed by atoms with Gasteiger partial charge in [0.1, 0.15) is 5.75 Å². The van der Waals surface area contributed by atoms with E-state index in [2.05, 4.69) is 0 Å². The second kappa shape index (κ2) is 8.50. The van der Waals surface area contributed by atoms with Crippen LogP contribution in [-0.2, 0) is 11.2 Å². The maximum Gasteiger partial charge on any atom is 0.235 e. The first-order chi connectivity index (χ1) is 14.2. The van der Waals surface area contributed by atoms with Crippen molar-refractivity contribution in [1.82, 2.24) is 0 Å². The van der Waals surface area contributed by atoms with E-state index in [-0.39, 0.29) is 11.9 Å². The number of aliphatic hydroxyl groups is 1. The van der Waals surface area contributed by atoms with Gasteiger partial charge in [-0.3, -0.25) is 4.79 Å². The number of aliphatic hydroxyl groups excluding tert-OH is 1. The normalized spacial score (nSPS) is 19.5. The highest BCUT2D eigenvalue weighted by atomic mass is 16.5. The number of hydrogen-bond acceptors (Lipinski definition) is 3. The Kier molecular flexibility index (Phi) is 5.63. The summed E-state index contributed by atoms with van der Waals surface area (Å²) in [5, 5.41) is 10.9. The Balaban J connectivity index is 1.58. The van der Waals surface area contributed by atoms with Crippen LogP contribution >= 0.6 is 0 Å². The highest BCUT2D eigenvalue weighted by Gasteiger charge is 2.51. The molecule has 1 amide bonds. The van der Waals surface area contributed by atoms with Crippen LogP contribution in [-0.4, -0.2) is 24.2 Å². The van der Waals surface area contributed by atoms with Crippen molar-refractivity contribution in [1.29, 1.82) is 0 Å². The van der Waals surface area contributed by atoms with E-state index in [1.807, 2.05) is 84.9 Å². The van der Waals surface area contributed by atoms with Crippen LogP contribution in [0.5, 0.6) is 5.75 Å². The van der Waals surface area contributed by atoms with Crippen molar-refractivity contribution in [3.63, 3.8) is 0 Å². The molecule has 4 heteroatoms. The van der Waals surface area contributed by atoms with Crippen molar-refractivity contribution in [2.24, 2.45) is 5.92 Å². The third-order valence-corrected chi connectivity index (χ3v) is 5.62. The Morgan fingerprint density at radius 2 is 1.55 bits per heavy atom. The van der Waals surface area contributed by atoms with Crippen LogP contribution in [0.3, 0.4) is 0 Å². The highest BCUT2D eigenvalue weighted by Crippen LogP contribution is 2.46. The van der Waals surface area contributed by atoms with Gasteiger partial charge >= 0.3 is 0 Å². The van der Waals surface area contributed by atoms with E-state index in [0.717, 1.165) is 23.4 Å². The summed E-state index contributed by atoms with van der Waals surface area (Å²) in [6.07, 6.45) is 0.595. The minimum absolute atomic E-state index is 0.0300. The van der Waals surface area contributed by atoms with Crippen LogP contribution in [0, 0.1) is 5.92 Å². The maximum absolute atomic E-state index is 13.1. The van der Waals surface area contributed by atoms with E-state index in [4.69, 9.17) is 4.74 Å². The molecule has 148 valence electrons. The molecule has 0 saturated carbocycles. The summed E-state index contributed by atoms with van der Waals surface area (Å²) in [5.74, 6) is 0.289. The number of ether oxygens (including phenoxy) is 1. The number of nitrogens with zero attached hydrogens (tertiary/aromatic N) is 1. The smallest absolute Gasteiger partial charge is 0.235 e. The molecule has 0 aliphatic carbocycles. The zero-order chi connectivity index (χ0) is 20.2. The van der Waals surface area contributed by atoms with E-state index in [1.165, 1.54) is 5.56 Å². The van der Waals surface area contributed by atoms with Gasteiger partial charge in [-0.2, -0.15) is 0 Å². The van der Waals surface area contributed by atoms with Crippen LogP contribution in [0.15, 0.2) is 84.9 Å². The molecular formula is C25H25NO3. The largest absolute Gasteiger partial charge is 0.497 e. The predicted molar refractivity (Wildman–Crippen MR) is 114 cm³/mol. The van der Waals surface area contributed by atoms with Crippen molar-refractivity contribution in [2.75, 3.05) is 12.0 Å². The summed E-state index contributed by atoms with van der Waals surface area (Å²) in [7, 11) is 1.63. The fourth-order valence-electron chi connectivity index (χ4n) is 4.06. The van der Waals surface area contributed by atoms with Crippen molar-refractivity contribution >= 4 is 11.6 Å². The monoisotopic (exact) mass is 387 g/mol. The number of benzene rings is 3. The van der Waals surface area contributed by atoms with Gasteiger partial charge in [-0.15, -0.1) is 0 Å². The van der Waals surface area contributed by atoms with Gasteiger partial charge < -0.3 is 14.7 Å². The molecule has 3 atom stereocenters. The molecule has 3 aromatic rings. The first kappa shape index (κ1) is 19.2. The Labute approximate surface area is 171 Å². The average Bonchev–Trinajstić information content (AvgIpc) is 2.77. The molecule has 0 bridgehead atoms. The number of carbonyl (C=O) groups is 1. The number of rotatable bonds is 7. The number of aryl methyl sites for hydroxylation is 1. The summed E-state index contributed by atoms with van der Waals surface area (Å²) in [5.41, 5.74) is 3.02. The molecular weight excluding hydrogens is 362 g/mol. The number of methoxy groups -OCH3 is 1. The fourth-order valence-corrected chi connectivity index (χ4v) is 4.06. The number of anilines is 1. The van der Waals surface area contributed by atoms with Crippen molar-refractivity contribution < 1.29 is 14.6 Å². The Morgan fingerprint density at radius 1 is 0.931 bits per heavy atom. The molecule has 4 rings (SSSR count). The van der Waals surface area contributed by atoms with Crippen LogP contribution in [0.25, 0.3) is 0 Å². The van der Waals surface area contributed by atoms with Crippen LogP contribution in [0.1, 0.15) is 23.6 Å². The Bertz CT molecular complexity index is 941. The lowest BCUT2D eigenvalue weighted by molar-refractivity contribution is -0.136. The maximum atomic E-state index is 13.1. The number of para-hydroxylation sites is 1. The molecule has 1 aliphatic rings. The Hall–Kier alpha value is -3.11. The van der Waals surface area contributed by atoms with Gasteiger partial charge in [0.25, 0.3) is 0 Å². The molecule has 4 nitrogen and oxygen atoms in total. The molecule has 1 heterocycles. The number of amides is 1. The molecule has 0 aromatic heterocycles. The lowest BCUT2D eigenvalue weighted by Crippen LogP contribution is -2.59. The molecule has 0 unspecified atom stereocenters. The van der Waals surface area contributed by atoms with Gasteiger partial charge in [0.2, 0.25) is 5.91 Å². The first-order valence-corrected chi connectivity index (χ1v) is 9.93. The van der Waals surface area contributed by atoms with Crippen LogP contribution in [0.4, 0.5) is 5.69 Å². The third-order valence-electron chi connectivity index (χ3n) is 5.62. The SMILES string of the molecule is COc1ccc([C@@H]2[C@@H]([C@@H](O)CCc3ccccc3)C(=O)N2c2ccccc2)cc1. The van der Waals surface area contributed by atoms with Crippen molar-refractivity contribution in [3.8, 4) is 5.75 Å². The zero-order valence-electron chi connectivity index (χ0n) is 16.4. The second-order valence-corrected chi connectivity index (χ2v) is 7.38. The van der Waals surface area contributed by atoms with E-state index < -0.39 is 12.0 Å². The summed E-state index contributed by atoms with van der Waals surface area (Å²) in [6, 6.07) is 27.3. The number of β-lactam (4-membered cyclic amide) rings is 1. The minimum atomic E-state index is -0.699. The minimum Gasteiger partial charge on any atom is -0.497 e.